The fourth-order valence-corrected chi connectivity index (χ4v) is 3.55. The van der Waals surface area contributed by atoms with Gasteiger partial charge in [0.25, 0.3) is 0 Å². The molecule has 6 nitrogen and oxygen atoms in total. The molecule has 0 unspecified atom stereocenters. The molecule has 1 heterocycles. The zero-order valence-corrected chi connectivity index (χ0v) is 16.8. The highest BCUT2D eigenvalue weighted by molar-refractivity contribution is 5.77. The Kier molecular flexibility index (Phi) is 7.87. The summed E-state index contributed by atoms with van der Waals surface area (Å²) in [7, 11) is 1.42. The SMILES string of the molecule is COCC(=O)NC[C@H]1OC[C@@H](N(Cc2ccccc2F)Cc2ccccc2F)[C@@H]1O. The number of aliphatic hydroxyl groups is 1. The van der Waals surface area contributed by atoms with E-state index in [0.717, 1.165) is 0 Å². The van der Waals surface area contributed by atoms with Gasteiger partial charge in [-0.1, -0.05) is 36.4 Å². The van der Waals surface area contributed by atoms with Crippen LogP contribution in [0.25, 0.3) is 0 Å². The summed E-state index contributed by atoms with van der Waals surface area (Å²) in [4.78, 5) is 13.4. The van der Waals surface area contributed by atoms with Gasteiger partial charge >= 0.3 is 0 Å². The van der Waals surface area contributed by atoms with Gasteiger partial charge in [-0.25, -0.2) is 8.78 Å². The number of ether oxygens (including phenoxy) is 2. The highest BCUT2D eigenvalue weighted by atomic mass is 19.1. The summed E-state index contributed by atoms with van der Waals surface area (Å²) in [6.07, 6.45) is -1.56. The second-order valence-corrected chi connectivity index (χ2v) is 7.25. The monoisotopic (exact) mass is 420 g/mol. The van der Waals surface area contributed by atoms with Crippen LogP contribution in [0.15, 0.2) is 48.5 Å². The third-order valence-corrected chi connectivity index (χ3v) is 5.16. The van der Waals surface area contributed by atoms with Crippen LogP contribution < -0.4 is 5.32 Å². The van der Waals surface area contributed by atoms with Gasteiger partial charge in [-0.2, -0.15) is 0 Å². The first-order chi connectivity index (χ1) is 14.5. The van der Waals surface area contributed by atoms with Crippen molar-refractivity contribution in [2.45, 2.75) is 31.3 Å². The van der Waals surface area contributed by atoms with Crippen LogP contribution in [0.5, 0.6) is 0 Å². The number of hydrogen-bond acceptors (Lipinski definition) is 5. The lowest BCUT2D eigenvalue weighted by molar-refractivity contribution is -0.125. The molecule has 3 rings (SSSR count). The number of hydrogen-bond donors (Lipinski definition) is 2. The van der Waals surface area contributed by atoms with E-state index in [1.165, 1.54) is 19.2 Å². The zero-order chi connectivity index (χ0) is 21.5. The van der Waals surface area contributed by atoms with Crippen molar-refractivity contribution in [3.8, 4) is 0 Å². The van der Waals surface area contributed by atoms with Gasteiger partial charge in [0.1, 0.15) is 24.3 Å². The van der Waals surface area contributed by atoms with E-state index >= 15 is 0 Å². The molecule has 0 bridgehead atoms. The van der Waals surface area contributed by atoms with Crippen LogP contribution in [0.4, 0.5) is 8.78 Å². The predicted octanol–water partition coefficient (Wildman–Crippen LogP) is 1.86. The average molecular weight is 420 g/mol. The molecule has 0 aliphatic carbocycles. The molecular formula is C22H26F2N2O4. The molecule has 1 saturated heterocycles. The minimum atomic E-state index is -0.939. The highest BCUT2D eigenvalue weighted by Gasteiger charge is 2.39. The largest absolute Gasteiger partial charge is 0.389 e. The van der Waals surface area contributed by atoms with Crippen LogP contribution >= 0.6 is 0 Å². The van der Waals surface area contributed by atoms with Crippen molar-refractivity contribution in [2.24, 2.45) is 0 Å². The lowest BCUT2D eigenvalue weighted by Gasteiger charge is -2.31. The van der Waals surface area contributed by atoms with Gasteiger partial charge in [0.2, 0.25) is 5.91 Å². The summed E-state index contributed by atoms with van der Waals surface area (Å²) in [5.41, 5.74) is 0.885. The maximum atomic E-state index is 14.3. The van der Waals surface area contributed by atoms with Crippen LogP contribution in [-0.2, 0) is 27.4 Å². The molecule has 8 heteroatoms. The van der Waals surface area contributed by atoms with Gasteiger partial charge < -0.3 is 19.9 Å². The van der Waals surface area contributed by atoms with E-state index in [4.69, 9.17) is 9.47 Å². The fourth-order valence-electron chi connectivity index (χ4n) is 3.55. The van der Waals surface area contributed by atoms with Crippen molar-refractivity contribution in [1.29, 1.82) is 0 Å². The third-order valence-electron chi connectivity index (χ3n) is 5.16. The van der Waals surface area contributed by atoms with Crippen molar-refractivity contribution in [3.05, 3.63) is 71.3 Å². The number of halogens is 2. The third kappa shape index (κ3) is 5.60. The zero-order valence-electron chi connectivity index (χ0n) is 16.8. The van der Waals surface area contributed by atoms with Crippen LogP contribution in [0.1, 0.15) is 11.1 Å². The average Bonchev–Trinajstić information content (AvgIpc) is 3.09. The summed E-state index contributed by atoms with van der Waals surface area (Å²) in [6, 6.07) is 12.2. The summed E-state index contributed by atoms with van der Waals surface area (Å²) < 4.78 is 39.0. The number of carbonyl (C=O) groups excluding carboxylic acids is 1. The Hall–Kier alpha value is -2.39. The molecule has 1 aliphatic rings. The second-order valence-electron chi connectivity index (χ2n) is 7.25. The number of rotatable bonds is 9. The molecule has 30 heavy (non-hydrogen) atoms. The van der Waals surface area contributed by atoms with Gasteiger partial charge in [-0.05, 0) is 12.1 Å². The highest BCUT2D eigenvalue weighted by Crippen LogP contribution is 2.25. The minimum Gasteiger partial charge on any atom is -0.389 e. The Labute approximate surface area is 174 Å². The van der Waals surface area contributed by atoms with E-state index in [2.05, 4.69) is 5.32 Å². The first-order valence-corrected chi connectivity index (χ1v) is 9.75. The van der Waals surface area contributed by atoms with Gasteiger partial charge in [0.05, 0.1) is 18.8 Å². The number of nitrogens with zero attached hydrogens (tertiary/aromatic N) is 1. The Balaban J connectivity index is 1.75. The topological polar surface area (TPSA) is 71.0 Å². The first-order valence-electron chi connectivity index (χ1n) is 9.75. The van der Waals surface area contributed by atoms with E-state index in [0.29, 0.717) is 11.1 Å². The number of amides is 1. The van der Waals surface area contributed by atoms with Crippen LogP contribution in [0.2, 0.25) is 0 Å². The van der Waals surface area contributed by atoms with E-state index in [9.17, 15) is 18.7 Å². The standard InChI is InChI=1S/C22H26F2N2O4/c1-29-14-21(27)25-10-20-22(28)19(13-30-20)26(11-15-6-2-4-8-17(15)23)12-16-7-3-5-9-18(16)24/h2-9,19-20,22,28H,10-14H2,1H3,(H,25,27)/t19-,20-,22+/m1/s1. The summed E-state index contributed by atoms with van der Waals surface area (Å²) in [5.74, 6) is -1.05. The number of methoxy groups -OCH3 is 1. The van der Waals surface area contributed by atoms with Crippen molar-refractivity contribution in [1.82, 2.24) is 10.2 Å². The van der Waals surface area contributed by atoms with Gasteiger partial charge in [0.15, 0.2) is 0 Å². The molecule has 1 amide bonds. The number of carbonyl (C=O) groups is 1. The summed E-state index contributed by atoms with van der Waals surface area (Å²) in [5, 5.41) is 13.5. The molecule has 0 radical (unpaired) electrons. The lowest BCUT2D eigenvalue weighted by Crippen LogP contribution is -2.47. The molecule has 2 N–H and O–H groups in total. The second kappa shape index (κ2) is 10.6. The summed E-state index contributed by atoms with van der Waals surface area (Å²) in [6.45, 7) is 0.560. The van der Waals surface area contributed by atoms with Crippen LogP contribution in [0, 0.1) is 11.6 Å². The molecule has 2 aromatic carbocycles. The number of aliphatic hydroxyl groups excluding tert-OH is 1. The Morgan fingerprint density at radius 3 is 2.23 bits per heavy atom. The van der Waals surface area contributed by atoms with E-state index in [1.54, 1.807) is 41.3 Å². The Bertz CT molecular complexity index is 804. The minimum absolute atomic E-state index is 0.0844. The van der Waals surface area contributed by atoms with Gasteiger partial charge in [-0.3, -0.25) is 9.69 Å². The van der Waals surface area contributed by atoms with Crippen molar-refractivity contribution >= 4 is 5.91 Å². The van der Waals surface area contributed by atoms with E-state index in [-0.39, 0.29) is 50.4 Å². The predicted molar refractivity (Wildman–Crippen MR) is 106 cm³/mol. The molecule has 162 valence electrons. The molecule has 0 aromatic heterocycles. The Morgan fingerprint density at radius 1 is 1.13 bits per heavy atom. The Morgan fingerprint density at radius 2 is 1.70 bits per heavy atom. The van der Waals surface area contributed by atoms with Crippen molar-refractivity contribution in [3.63, 3.8) is 0 Å². The van der Waals surface area contributed by atoms with Crippen molar-refractivity contribution < 1.29 is 28.2 Å². The molecule has 0 spiro atoms. The molecular weight excluding hydrogens is 394 g/mol. The number of nitrogens with one attached hydrogen (secondary N) is 1. The van der Waals surface area contributed by atoms with E-state index in [1.807, 2.05) is 0 Å². The molecule has 1 aliphatic heterocycles. The maximum absolute atomic E-state index is 14.3. The molecule has 2 aromatic rings. The summed E-state index contributed by atoms with van der Waals surface area (Å²) >= 11 is 0. The van der Waals surface area contributed by atoms with Gasteiger partial charge in [-0.15, -0.1) is 0 Å². The maximum Gasteiger partial charge on any atom is 0.246 e. The lowest BCUT2D eigenvalue weighted by atomic mass is 10.0. The molecule has 3 atom stereocenters. The van der Waals surface area contributed by atoms with Crippen LogP contribution in [-0.4, -0.2) is 61.0 Å². The first kappa shape index (κ1) is 22.3. The normalized spacial score (nSPS) is 21.2. The quantitative estimate of drug-likeness (QED) is 0.648. The number of benzene rings is 2. The smallest absolute Gasteiger partial charge is 0.246 e. The van der Waals surface area contributed by atoms with Crippen LogP contribution in [0.3, 0.4) is 0 Å². The van der Waals surface area contributed by atoms with Gasteiger partial charge in [0, 0.05) is 37.9 Å². The molecule has 1 fully saturated rings. The van der Waals surface area contributed by atoms with Crippen molar-refractivity contribution in [2.75, 3.05) is 26.9 Å². The fraction of sp³-hybridized carbons (Fsp3) is 0.409. The molecule has 0 saturated carbocycles. The van der Waals surface area contributed by atoms with E-state index < -0.39 is 18.2 Å².